The standard InChI is InChI=1S/C21H24N5O3S/c1-12(2)26-13(11-27)9-19(24-26)30(29)25-21(28)23-20-16-7-3-5-14(16)18(10-22)15-6-4-8-17(15)20/h9,12,27H,3-8,11H2,1-2H3,(H,23,28)/q-1. The molecule has 8 nitrogen and oxygen atoms in total. The Balaban J connectivity index is 1.66. The van der Waals surface area contributed by atoms with Gasteiger partial charge < -0.3 is 19.0 Å². The highest BCUT2D eigenvalue weighted by Crippen LogP contribution is 2.41. The van der Waals surface area contributed by atoms with Gasteiger partial charge in [-0.15, -0.1) is 10.6 Å². The number of fused-ring (bicyclic) bond motifs is 2. The van der Waals surface area contributed by atoms with Crippen LogP contribution in [0.2, 0.25) is 0 Å². The zero-order chi connectivity index (χ0) is 21.4. The molecule has 0 fully saturated rings. The zero-order valence-corrected chi connectivity index (χ0v) is 17.9. The Morgan fingerprint density at radius 1 is 1.27 bits per heavy atom. The Morgan fingerprint density at radius 2 is 1.87 bits per heavy atom. The molecule has 30 heavy (non-hydrogen) atoms. The number of nitrogens with one attached hydrogen (secondary N) is 1. The van der Waals surface area contributed by atoms with Crippen molar-refractivity contribution in [2.45, 2.75) is 70.0 Å². The number of aliphatic hydroxyl groups is 1. The smallest absolute Gasteiger partial charge is 0.322 e. The van der Waals surface area contributed by atoms with E-state index in [0.717, 1.165) is 72.0 Å². The summed E-state index contributed by atoms with van der Waals surface area (Å²) in [5.74, 6) is 0. The molecular formula is C21H24N5O3S-. The van der Waals surface area contributed by atoms with Crippen molar-refractivity contribution < 1.29 is 14.1 Å². The van der Waals surface area contributed by atoms with E-state index < -0.39 is 16.6 Å². The SMILES string of the molecule is CC(C)n1nc([S-](=O)=NC(=O)Nc2c3c(c(C#N)c4c2CCC4)CCC3)cc1CO. The third kappa shape index (κ3) is 3.50. The first-order valence-corrected chi connectivity index (χ1v) is 11.3. The molecule has 4 rings (SSSR count). The Kier molecular flexibility index (Phi) is 5.62. The molecule has 0 atom stereocenters. The van der Waals surface area contributed by atoms with E-state index in [9.17, 15) is 19.4 Å². The van der Waals surface area contributed by atoms with Crippen molar-refractivity contribution in [3.05, 3.63) is 39.6 Å². The van der Waals surface area contributed by atoms with Crippen molar-refractivity contribution in [2.75, 3.05) is 5.32 Å². The van der Waals surface area contributed by atoms with E-state index >= 15 is 0 Å². The number of benzene rings is 1. The number of hydrogen-bond acceptors (Lipinski definition) is 6. The van der Waals surface area contributed by atoms with Crippen LogP contribution in [0.15, 0.2) is 15.5 Å². The van der Waals surface area contributed by atoms with Gasteiger partial charge in [0.1, 0.15) is 0 Å². The molecule has 2 aliphatic carbocycles. The van der Waals surface area contributed by atoms with Crippen LogP contribution >= 0.6 is 0 Å². The van der Waals surface area contributed by atoms with E-state index in [1.165, 1.54) is 6.07 Å². The molecule has 0 unspecified atom stereocenters. The minimum Gasteiger partial charge on any atom is -0.438 e. The largest absolute Gasteiger partial charge is 0.438 e. The lowest BCUT2D eigenvalue weighted by Crippen LogP contribution is -2.12. The average Bonchev–Trinajstić information content (AvgIpc) is 3.46. The molecule has 1 heterocycles. The van der Waals surface area contributed by atoms with Gasteiger partial charge in [0.15, 0.2) is 0 Å². The maximum Gasteiger partial charge on any atom is 0.322 e. The number of carbonyl (C=O) groups is 1. The van der Waals surface area contributed by atoms with Gasteiger partial charge in [0.2, 0.25) is 0 Å². The number of anilines is 1. The van der Waals surface area contributed by atoms with Gasteiger partial charge in [0, 0.05) is 16.8 Å². The van der Waals surface area contributed by atoms with Gasteiger partial charge in [-0.05, 0) is 80.7 Å². The maximum absolute atomic E-state index is 12.6. The number of hydrogen-bond donors (Lipinski definition) is 2. The molecule has 2 aromatic rings. The van der Waals surface area contributed by atoms with Crippen molar-refractivity contribution in [2.24, 2.45) is 4.36 Å². The second-order valence-electron chi connectivity index (χ2n) is 7.92. The molecule has 1 aromatic heterocycles. The normalized spacial score (nSPS) is 15.8. The minimum absolute atomic E-state index is 0.0180. The minimum atomic E-state index is -1.98. The molecule has 1 aromatic carbocycles. The third-order valence-corrected chi connectivity index (χ3v) is 6.66. The number of carbonyl (C=O) groups excluding carboxylic acids is 1. The summed E-state index contributed by atoms with van der Waals surface area (Å²) < 4.78 is 18.0. The summed E-state index contributed by atoms with van der Waals surface area (Å²) in [5.41, 5.74) is 6.18. The average molecular weight is 427 g/mol. The first-order valence-electron chi connectivity index (χ1n) is 10.2. The third-order valence-electron chi connectivity index (χ3n) is 5.77. The molecule has 0 saturated heterocycles. The molecule has 0 aliphatic heterocycles. The summed E-state index contributed by atoms with van der Waals surface area (Å²) in [5, 5.41) is 26.3. The Bertz CT molecular complexity index is 1120. The predicted molar refractivity (Wildman–Crippen MR) is 112 cm³/mol. The molecule has 0 saturated carbocycles. The van der Waals surface area contributed by atoms with Crippen LogP contribution in [0.25, 0.3) is 0 Å². The lowest BCUT2D eigenvalue weighted by molar-refractivity contribution is 0.260. The molecule has 0 bridgehead atoms. The van der Waals surface area contributed by atoms with E-state index in [1.807, 2.05) is 13.8 Å². The molecule has 2 aliphatic rings. The molecular weight excluding hydrogens is 402 g/mol. The van der Waals surface area contributed by atoms with Crippen LogP contribution in [0.1, 0.15) is 66.2 Å². The van der Waals surface area contributed by atoms with Crippen LogP contribution in [-0.2, 0) is 47.1 Å². The van der Waals surface area contributed by atoms with Crippen LogP contribution in [0.5, 0.6) is 0 Å². The number of nitrogens with zero attached hydrogens (tertiary/aromatic N) is 4. The molecule has 158 valence electrons. The van der Waals surface area contributed by atoms with Crippen LogP contribution in [0, 0.1) is 11.3 Å². The van der Waals surface area contributed by atoms with E-state index in [1.54, 1.807) is 4.68 Å². The first kappa shape index (κ1) is 20.6. The van der Waals surface area contributed by atoms with Crippen LogP contribution < -0.4 is 5.32 Å². The number of aliphatic hydroxyl groups excluding tert-OH is 1. The zero-order valence-electron chi connectivity index (χ0n) is 17.1. The van der Waals surface area contributed by atoms with Crippen LogP contribution in [0.4, 0.5) is 10.5 Å². The molecule has 2 amide bonds. The van der Waals surface area contributed by atoms with Crippen molar-refractivity contribution in [1.82, 2.24) is 9.78 Å². The number of amides is 2. The van der Waals surface area contributed by atoms with Crippen molar-refractivity contribution in [3.8, 4) is 6.07 Å². The number of urea groups is 1. The summed E-state index contributed by atoms with van der Waals surface area (Å²) in [6.07, 6.45) is 5.22. The van der Waals surface area contributed by atoms with E-state index in [2.05, 4.69) is 20.8 Å². The second-order valence-corrected chi connectivity index (χ2v) is 9.02. The van der Waals surface area contributed by atoms with E-state index in [-0.39, 0.29) is 17.7 Å². The van der Waals surface area contributed by atoms with Gasteiger partial charge in [-0.3, -0.25) is 4.68 Å². The van der Waals surface area contributed by atoms with Crippen molar-refractivity contribution in [3.63, 3.8) is 0 Å². The summed E-state index contributed by atoms with van der Waals surface area (Å²) in [6.45, 7) is 3.56. The maximum atomic E-state index is 12.6. The quantitative estimate of drug-likeness (QED) is 0.725. The highest BCUT2D eigenvalue weighted by Gasteiger charge is 2.29. The Morgan fingerprint density at radius 3 is 2.37 bits per heavy atom. The molecule has 2 N–H and O–H groups in total. The molecule has 9 heteroatoms. The fourth-order valence-corrected chi connectivity index (χ4v) is 5.24. The lowest BCUT2D eigenvalue weighted by atomic mass is 9.93. The Labute approximate surface area is 177 Å². The molecule has 0 radical (unpaired) electrons. The highest BCUT2D eigenvalue weighted by molar-refractivity contribution is 7.75. The van der Waals surface area contributed by atoms with E-state index in [4.69, 9.17) is 0 Å². The van der Waals surface area contributed by atoms with Gasteiger partial charge in [-0.25, -0.2) is 4.79 Å². The predicted octanol–water partition coefficient (Wildman–Crippen LogP) is 3.54. The number of nitriles is 1. The highest BCUT2D eigenvalue weighted by atomic mass is 32.2. The van der Waals surface area contributed by atoms with Gasteiger partial charge in [-0.2, -0.15) is 10.4 Å². The Hall–Kier alpha value is -2.70. The van der Waals surface area contributed by atoms with Crippen molar-refractivity contribution in [1.29, 1.82) is 5.26 Å². The summed E-state index contributed by atoms with van der Waals surface area (Å²) in [6, 6.07) is 3.17. The van der Waals surface area contributed by atoms with Gasteiger partial charge >= 0.3 is 6.03 Å². The van der Waals surface area contributed by atoms with Gasteiger partial charge in [-0.1, -0.05) is 0 Å². The monoisotopic (exact) mass is 426 g/mol. The summed E-state index contributed by atoms with van der Waals surface area (Å²) >= 11 is 0. The van der Waals surface area contributed by atoms with Crippen molar-refractivity contribution >= 4 is 22.3 Å². The van der Waals surface area contributed by atoms with Crippen LogP contribution in [0.3, 0.4) is 0 Å². The molecule has 0 spiro atoms. The van der Waals surface area contributed by atoms with Crippen LogP contribution in [-0.4, -0.2) is 20.9 Å². The lowest BCUT2D eigenvalue weighted by Gasteiger charge is -2.17. The summed E-state index contributed by atoms with van der Waals surface area (Å²) in [4.78, 5) is 12.6. The van der Waals surface area contributed by atoms with Gasteiger partial charge in [0.25, 0.3) is 0 Å². The van der Waals surface area contributed by atoms with Gasteiger partial charge in [0.05, 0.1) is 23.9 Å². The summed E-state index contributed by atoms with van der Waals surface area (Å²) in [7, 11) is -1.98. The second kappa shape index (κ2) is 8.20. The van der Waals surface area contributed by atoms with E-state index in [0.29, 0.717) is 5.69 Å². The number of rotatable bonds is 4. The topological polar surface area (TPSA) is 120 Å². The fourth-order valence-electron chi connectivity index (χ4n) is 4.55. The first-order chi connectivity index (χ1) is 14.4. The fraction of sp³-hybridized carbons (Fsp3) is 0.476. The number of aromatic nitrogens is 2.